The van der Waals surface area contributed by atoms with E-state index >= 15 is 0 Å². The van der Waals surface area contributed by atoms with Crippen molar-refractivity contribution in [1.82, 2.24) is 0 Å². The highest BCUT2D eigenvalue weighted by Gasteiger charge is 2.51. The van der Waals surface area contributed by atoms with Gasteiger partial charge in [-0.15, -0.1) is 0 Å². The number of fused-ring (bicyclic) bond motifs is 1. The van der Waals surface area contributed by atoms with Crippen molar-refractivity contribution in [3.05, 3.63) is 22.8 Å². The fourth-order valence-corrected chi connectivity index (χ4v) is 4.13. The average Bonchev–Trinajstić information content (AvgIpc) is 2.89. The number of ether oxygens (including phenoxy) is 1. The summed E-state index contributed by atoms with van der Waals surface area (Å²) in [6, 6.07) is 0. The van der Waals surface area contributed by atoms with E-state index in [2.05, 4.69) is 13.8 Å². The van der Waals surface area contributed by atoms with Gasteiger partial charge in [0.1, 0.15) is 11.9 Å². The quantitative estimate of drug-likeness (QED) is 0.582. The molecule has 0 amide bonds. The molecular weight excluding hydrogens is 304 g/mol. The third kappa shape index (κ3) is 3.24. The SMILES string of the molecule is CC=C(C)C(=O)OC1CC(C(C)=O)C2C1=C(C)C(=O)CC2C(C)C. The normalized spacial score (nSPS) is 30.6. The van der Waals surface area contributed by atoms with Gasteiger partial charge in [-0.3, -0.25) is 9.59 Å². The largest absolute Gasteiger partial charge is 0.454 e. The lowest BCUT2D eigenvalue weighted by Gasteiger charge is -2.36. The Bertz CT molecular complexity index is 624. The topological polar surface area (TPSA) is 60.4 Å². The molecule has 0 spiro atoms. The Kier molecular flexibility index (Phi) is 5.46. The molecule has 0 heterocycles. The maximum Gasteiger partial charge on any atom is 0.333 e. The van der Waals surface area contributed by atoms with Crippen LogP contribution in [0, 0.1) is 23.7 Å². The molecule has 132 valence electrons. The highest BCUT2D eigenvalue weighted by Crippen LogP contribution is 2.51. The minimum atomic E-state index is -0.461. The first-order valence-corrected chi connectivity index (χ1v) is 8.77. The van der Waals surface area contributed by atoms with Crippen molar-refractivity contribution in [3.8, 4) is 0 Å². The lowest BCUT2D eigenvalue weighted by Crippen LogP contribution is -2.35. The van der Waals surface area contributed by atoms with Crippen LogP contribution in [-0.2, 0) is 19.1 Å². The molecule has 24 heavy (non-hydrogen) atoms. The fourth-order valence-electron chi connectivity index (χ4n) is 4.13. The molecule has 0 aromatic heterocycles. The Hall–Kier alpha value is -1.71. The summed E-state index contributed by atoms with van der Waals surface area (Å²) in [5, 5.41) is 0. The third-order valence-electron chi connectivity index (χ3n) is 5.72. The average molecular weight is 332 g/mol. The molecule has 0 N–H and O–H groups in total. The van der Waals surface area contributed by atoms with Gasteiger partial charge in [0.25, 0.3) is 0 Å². The van der Waals surface area contributed by atoms with E-state index < -0.39 is 6.10 Å². The molecule has 4 atom stereocenters. The van der Waals surface area contributed by atoms with E-state index in [9.17, 15) is 14.4 Å². The summed E-state index contributed by atoms with van der Waals surface area (Å²) in [6.07, 6.45) is 2.22. The predicted octanol–water partition coefficient (Wildman–Crippen LogP) is 3.65. The molecule has 4 nitrogen and oxygen atoms in total. The van der Waals surface area contributed by atoms with E-state index in [1.807, 2.05) is 6.92 Å². The Morgan fingerprint density at radius 3 is 2.38 bits per heavy atom. The van der Waals surface area contributed by atoms with Gasteiger partial charge in [0, 0.05) is 17.9 Å². The number of hydrogen-bond donors (Lipinski definition) is 0. The summed E-state index contributed by atoms with van der Waals surface area (Å²) >= 11 is 0. The summed E-state index contributed by atoms with van der Waals surface area (Å²) in [6.45, 7) is 11.1. The van der Waals surface area contributed by atoms with Crippen molar-refractivity contribution in [3.63, 3.8) is 0 Å². The molecule has 0 aromatic rings. The van der Waals surface area contributed by atoms with Crippen molar-refractivity contribution in [1.29, 1.82) is 0 Å². The molecule has 2 aliphatic carbocycles. The second-order valence-corrected chi connectivity index (χ2v) is 7.46. The van der Waals surface area contributed by atoms with Crippen LogP contribution in [-0.4, -0.2) is 23.6 Å². The summed E-state index contributed by atoms with van der Waals surface area (Å²) in [4.78, 5) is 36.9. The molecule has 1 fully saturated rings. The van der Waals surface area contributed by atoms with Crippen molar-refractivity contribution >= 4 is 17.5 Å². The van der Waals surface area contributed by atoms with Crippen LogP contribution >= 0.6 is 0 Å². The molecule has 0 saturated heterocycles. The summed E-state index contributed by atoms with van der Waals surface area (Å²) in [7, 11) is 0. The van der Waals surface area contributed by atoms with Crippen molar-refractivity contribution < 1.29 is 19.1 Å². The van der Waals surface area contributed by atoms with Crippen LogP contribution in [0.4, 0.5) is 0 Å². The van der Waals surface area contributed by atoms with Crippen LogP contribution in [0.3, 0.4) is 0 Å². The first-order valence-electron chi connectivity index (χ1n) is 8.77. The van der Waals surface area contributed by atoms with Gasteiger partial charge in [-0.25, -0.2) is 4.79 Å². The van der Waals surface area contributed by atoms with Gasteiger partial charge in [0.05, 0.1) is 0 Å². The summed E-state index contributed by atoms with van der Waals surface area (Å²) in [5.74, 6) is 0.153. The van der Waals surface area contributed by atoms with Gasteiger partial charge >= 0.3 is 5.97 Å². The second-order valence-electron chi connectivity index (χ2n) is 7.46. The molecule has 2 aliphatic rings. The molecule has 0 radical (unpaired) electrons. The van der Waals surface area contributed by atoms with E-state index in [0.29, 0.717) is 29.9 Å². The van der Waals surface area contributed by atoms with E-state index in [-0.39, 0.29) is 35.3 Å². The van der Waals surface area contributed by atoms with Crippen LogP contribution in [0.15, 0.2) is 22.8 Å². The van der Waals surface area contributed by atoms with E-state index in [0.717, 1.165) is 5.57 Å². The zero-order valence-corrected chi connectivity index (χ0v) is 15.5. The number of esters is 1. The van der Waals surface area contributed by atoms with Crippen LogP contribution in [0.1, 0.15) is 54.4 Å². The standard InChI is InChI=1S/C20H28O4/c1-7-11(4)20(23)24-17-9-15(13(6)21)19-14(10(2)3)8-16(22)12(5)18(17)19/h7,10,14-15,17,19H,8-9H2,1-6H3. The lowest BCUT2D eigenvalue weighted by atomic mass is 9.68. The van der Waals surface area contributed by atoms with E-state index in [1.165, 1.54) is 0 Å². The van der Waals surface area contributed by atoms with Crippen LogP contribution < -0.4 is 0 Å². The van der Waals surface area contributed by atoms with Gasteiger partial charge in [0.2, 0.25) is 0 Å². The smallest absolute Gasteiger partial charge is 0.333 e. The molecule has 0 bridgehead atoms. The van der Waals surface area contributed by atoms with Gasteiger partial charge in [0.15, 0.2) is 5.78 Å². The second kappa shape index (κ2) is 7.04. The molecular formula is C20H28O4. The lowest BCUT2D eigenvalue weighted by molar-refractivity contribution is -0.143. The molecule has 2 rings (SSSR count). The molecule has 1 saturated carbocycles. The Morgan fingerprint density at radius 2 is 1.88 bits per heavy atom. The molecule has 4 unspecified atom stereocenters. The number of ketones is 2. The first kappa shape index (κ1) is 18.6. The Balaban J connectivity index is 2.45. The van der Waals surface area contributed by atoms with Gasteiger partial charge in [-0.1, -0.05) is 19.9 Å². The number of Topliss-reactive ketones (excluding diaryl/α,β-unsaturated/α-hetero) is 2. The number of carbonyl (C=O) groups excluding carboxylic acids is 3. The number of carbonyl (C=O) groups is 3. The Labute approximate surface area is 144 Å². The van der Waals surface area contributed by atoms with Crippen molar-refractivity contribution in [2.24, 2.45) is 23.7 Å². The summed E-state index contributed by atoms with van der Waals surface area (Å²) < 4.78 is 5.69. The zero-order chi connectivity index (χ0) is 18.2. The van der Waals surface area contributed by atoms with Gasteiger partial charge in [-0.05, 0) is 63.0 Å². The minimum Gasteiger partial charge on any atom is -0.454 e. The van der Waals surface area contributed by atoms with Crippen molar-refractivity contribution in [2.75, 3.05) is 0 Å². The van der Waals surface area contributed by atoms with Gasteiger partial charge < -0.3 is 4.74 Å². The van der Waals surface area contributed by atoms with Gasteiger partial charge in [-0.2, -0.15) is 0 Å². The molecule has 0 aromatic carbocycles. The van der Waals surface area contributed by atoms with E-state index in [1.54, 1.807) is 26.8 Å². The maximum absolute atomic E-state index is 12.5. The zero-order valence-electron chi connectivity index (χ0n) is 15.5. The highest BCUT2D eigenvalue weighted by atomic mass is 16.5. The van der Waals surface area contributed by atoms with Crippen molar-refractivity contribution in [2.45, 2.75) is 60.5 Å². The van der Waals surface area contributed by atoms with Crippen LogP contribution in [0.2, 0.25) is 0 Å². The van der Waals surface area contributed by atoms with E-state index in [4.69, 9.17) is 4.74 Å². The number of rotatable bonds is 4. The maximum atomic E-state index is 12.5. The highest BCUT2D eigenvalue weighted by molar-refractivity contribution is 5.98. The number of hydrogen-bond acceptors (Lipinski definition) is 4. The Morgan fingerprint density at radius 1 is 1.25 bits per heavy atom. The fraction of sp³-hybridized carbons (Fsp3) is 0.650. The molecule has 4 heteroatoms. The summed E-state index contributed by atoms with van der Waals surface area (Å²) in [5.41, 5.74) is 2.12. The third-order valence-corrected chi connectivity index (χ3v) is 5.72. The predicted molar refractivity (Wildman–Crippen MR) is 92.2 cm³/mol. The van der Waals surface area contributed by atoms with Crippen LogP contribution in [0.5, 0.6) is 0 Å². The number of allylic oxidation sites excluding steroid dienone is 2. The van der Waals surface area contributed by atoms with Crippen LogP contribution in [0.25, 0.3) is 0 Å². The molecule has 0 aliphatic heterocycles. The monoisotopic (exact) mass is 332 g/mol. The first-order chi connectivity index (χ1) is 11.2. The minimum absolute atomic E-state index is 0.0175.